The fourth-order valence-electron chi connectivity index (χ4n) is 2.26. The third kappa shape index (κ3) is 5.61. The van der Waals surface area contributed by atoms with Crippen molar-refractivity contribution in [2.24, 2.45) is 0 Å². The Morgan fingerprint density at radius 2 is 1.45 bits per heavy atom. The van der Waals surface area contributed by atoms with Crippen LogP contribution in [0.25, 0.3) is 0 Å². The molecule has 1 aliphatic rings. The van der Waals surface area contributed by atoms with E-state index in [0.29, 0.717) is 17.8 Å². The largest absolute Gasteiger partial charge is 0.379 e. The highest BCUT2D eigenvalue weighted by Gasteiger charge is 2.09. The first-order valence-electron chi connectivity index (χ1n) is 8.09. The molecule has 1 aromatic heterocycles. The Balaban J connectivity index is 1.79. The molecule has 1 fully saturated rings. The molecule has 22 heavy (non-hydrogen) atoms. The molecule has 0 atom stereocenters. The molecule has 2 heterocycles. The van der Waals surface area contributed by atoms with Gasteiger partial charge in [0.1, 0.15) is 0 Å². The molecule has 8 heteroatoms. The number of nitrogens with one attached hydrogen (secondary N) is 3. The lowest BCUT2D eigenvalue weighted by molar-refractivity contribution is 0.0378. The van der Waals surface area contributed by atoms with Crippen molar-refractivity contribution < 1.29 is 4.74 Å². The molecular formula is C14H27N7O. The molecule has 0 amide bonds. The van der Waals surface area contributed by atoms with E-state index in [0.717, 1.165) is 58.9 Å². The normalized spacial score (nSPS) is 15.5. The fraction of sp³-hybridized carbons (Fsp3) is 0.786. The first-order valence-corrected chi connectivity index (χ1v) is 8.09. The molecule has 124 valence electrons. The Morgan fingerprint density at radius 3 is 2.00 bits per heavy atom. The molecule has 1 aliphatic heterocycles. The highest BCUT2D eigenvalue weighted by Crippen LogP contribution is 2.09. The van der Waals surface area contributed by atoms with Crippen LogP contribution in [-0.4, -0.2) is 72.3 Å². The number of nitrogens with zero attached hydrogens (tertiary/aromatic N) is 4. The number of hydrogen-bond donors (Lipinski definition) is 3. The minimum Gasteiger partial charge on any atom is -0.379 e. The van der Waals surface area contributed by atoms with Gasteiger partial charge in [-0.25, -0.2) is 0 Å². The van der Waals surface area contributed by atoms with Crippen LogP contribution in [0.4, 0.5) is 17.8 Å². The maximum absolute atomic E-state index is 5.35. The van der Waals surface area contributed by atoms with E-state index in [9.17, 15) is 0 Å². The summed E-state index contributed by atoms with van der Waals surface area (Å²) >= 11 is 0. The van der Waals surface area contributed by atoms with Gasteiger partial charge in [0.15, 0.2) is 0 Å². The van der Waals surface area contributed by atoms with E-state index in [-0.39, 0.29) is 0 Å². The standard InChI is InChI=1S/C14H27N7O/c1-3-15-12-18-13(16-4-2)20-14(19-12)17-6-5-7-21-8-10-22-11-9-21/h3-11H2,1-2H3,(H3,15,16,17,18,19,20). The molecule has 0 aliphatic carbocycles. The SMILES string of the molecule is CCNc1nc(NCC)nc(NCCCN2CCOCC2)n1. The van der Waals surface area contributed by atoms with E-state index in [2.05, 4.69) is 35.8 Å². The predicted octanol–water partition coefficient (Wildman–Crippen LogP) is 0.869. The Morgan fingerprint density at radius 1 is 0.909 bits per heavy atom. The third-order valence-electron chi connectivity index (χ3n) is 3.34. The van der Waals surface area contributed by atoms with Crippen LogP contribution < -0.4 is 16.0 Å². The fourth-order valence-corrected chi connectivity index (χ4v) is 2.26. The van der Waals surface area contributed by atoms with Gasteiger partial charge in [-0.05, 0) is 26.8 Å². The van der Waals surface area contributed by atoms with Crippen molar-refractivity contribution in [2.45, 2.75) is 20.3 Å². The van der Waals surface area contributed by atoms with Gasteiger partial charge in [-0.3, -0.25) is 4.90 Å². The van der Waals surface area contributed by atoms with E-state index in [1.54, 1.807) is 0 Å². The van der Waals surface area contributed by atoms with Gasteiger partial charge in [0.2, 0.25) is 17.8 Å². The molecule has 8 nitrogen and oxygen atoms in total. The summed E-state index contributed by atoms with van der Waals surface area (Å²) in [5.74, 6) is 1.82. The average Bonchev–Trinajstić information content (AvgIpc) is 2.53. The predicted molar refractivity (Wildman–Crippen MR) is 88.5 cm³/mol. The molecule has 1 aromatic rings. The summed E-state index contributed by atoms with van der Waals surface area (Å²) in [6, 6.07) is 0. The van der Waals surface area contributed by atoms with Gasteiger partial charge < -0.3 is 20.7 Å². The van der Waals surface area contributed by atoms with Gasteiger partial charge in [-0.2, -0.15) is 15.0 Å². The van der Waals surface area contributed by atoms with E-state index < -0.39 is 0 Å². The number of hydrogen-bond acceptors (Lipinski definition) is 8. The Kier molecular flexibility index (Phi) is 7.11. The molecule has 0 spiro atoms. The second kappa shape index (κ2) is 9.37. The Hall–Kier alpha value is -1.67. The van der Waals surface area contributed by atoms with Gasteiger partial charge in [-0.15, -0.1) is 0 Å². The minimum atomic E-state index is 0.601. The maximum Gasteiger partial charge on any atom is 0.229 e. The lowest BCUT2D eigenvalue weighted by atomic mass is 10.3. The molecular weight excluding hydrogens is 282 g/mol. The highest BCUT2D eigenvalue weighted by atomic mass is 16.5. The lowest BCUT2D eigenvalue weighted by Crippen LogP contribution is -2.37. The molecule has 3 N–H and O–H groups in total. The van der Waals surface area contributed by atoms with Crippen LogP contribution in [0, 0.1) is 0 Å². The van der Waals surface area contributed by atoms with Crippen LogP contribution in [0.3, 0.4) is 0 Å². The maximum atomic E-state index is 5.35. The van der Waals surface area contributed by atoms with Gasteiger partial charge in [0.25, 0.3) is 0 Å². The van der Waals surface area contributed by atoms with Crippen molar-refractivity contribution in [1.29, 1.82) is 0 Å². The number of rotatable bonds is 9. The van der Waals surface area contributed by atoms with Gasteiger partial charge in [0.05, 0.1) is 13.2 Å². The molecule has 0 bridgehead atoms. The average molecular weight is 309 g/mol. The molecule has 0 radical (unpaired) electrons. The van der Waals surface area contributed by atoms with Crippen molar-refractivity contribution in [2.75, 3.05) is 68.4 Å². The van der Waals surface area contributed by atoms with E-state index in [1.807, 2.05) is 13.8 Å². The van der Waals surface area contributed by atoms with Crippen LogP contribution in [0.15, 0.2) is 0 Å². The third-order valence-corrected chi connectivity index (χ3v) is 3.34. The summed E-state index contributed by atoms with van der Waals surface area (Å²) in [6.07, 6.45) is 1.05. The molecule has 1 saturated heterocycles. The number of morpholine rings is 1. The summed E-state index contributed by atoms with van der Waals surface area (Å²) in [5, 5.41) is 9.53. The first-order chi connectivity index (χ1) is 10.8. The van der Waals surface area contributed by atoms with Crippen LogP contribution >= 0.6 is 0 Å². The lowest BCUT2D eigenvalue weighted by Gasteiger charge is -2.26. The van der Waals surface area contributed by atoms with Crippen LogP contribution in [0.2, 0.25) is 0 Å². The summed E-state index contributed by atoms with van der Waals surface area (Å²) < 4.78 is 5.35. The van der Waals surface area contributed by atoms with E-state index >= 15 is 0 Å². The van der Waals surface area contributed by atoms with E-state index in [1.165, 1.54) is 0 Å². The summed E-state index contributed by atoms with van der Waals surface area (Å²) in [4.78, 5) is 15.5. The smallest absolute Gasteiger partial charge is 0.229 e. The zero-order chi connectivity index (χ0) is 15.6. The van der Waals surface area contributed by atoms with Crippen molar-refractivity contribution >= 4 is 17.8 Å². The Labute approximate surface area is 132 Å². The van der Waals surface area contributed by atoms with Crippen molar-refractivity contribution in [3.63, 3.8) is 0 Å². The molecule has 2 rings (SSSR count). The van der Waals surface area contributed by atoms with Gasteiger partial charge in [0, 0.05) is 32.7 Å². The van der Waals surface area contributed by atoms with Crippen LogP contribution in [-0.2, 0) is 4.74 Å². The van der Waals surface area contributed by atoms with Crippen LogP contribution in [0.5, 0.6) is 0 Å². The number of anilines is 3. The summed E-state index contributed by atoms with van der Waals surface area (Å²) in [6.45, 7) is 11.3. The number of ether oxygens (including phenoxy) is 1. The quantitative estimate of drug-likeness (QED) is 0.579. The monoisotopic (exact) mass is 309 g/mol. The van der Waals surface area contributed by atoms with Crippen molar-refractivity contribution in [3.05, 3.63) is 0 Å². The topological polar surface area (TPSA) is 87.2 Å². The summed E-state index contributed by atoms with van der Waals surface area (Å²) in [7, 11) is 0. The van der Waals surface area contributed by atoms with Gasteiger partial charge in [-0.1, -0.05) is 0 Å². The van der Waals surface area contributed by atoms with Crippen LogP contribution in [0.1, 0.15) is 20.3 Å². The van der Waals surface area contributed by atoms with Gasteiger partial charge >= 0.3 is 0 Å². The number of aromatic nitrogens is 3. The first kappa shape index (κ1) is 16.7. The summed E-state index contributed by atoms with van der Waals surface area (Å²) in [5.41, 5.74) is 0. The minimum absolute atomic E-state index is 0.601. The second-order valence-electron chi connectivity index (χ2n) is 5.10. The highest BCUT2D eigenvalue weighted by molar-refractivity contribution is 5.41. The molecule has 0 aromatic carbocycles. The Bertz CT molecular complexity index is 413. The zero-order valence-electron chi connectivity index (χ0n) is 13.6. The zero-order valence-corrected chi connectivity index (χ0v) is 13.6. The van der Waals surface area contributed by atoms with Crippen molar-refractivity contribution in [3.8, 4) is 0 Å². The van der Waals surface area contributed by atoms with E-state index in [4.69, 9.17) is 4.74 Å². The second-order valence-corrected chi connectivity index (χ2v) is 5.10. The molecule has 0 unspecified atom stereocenters. The van der Waals surface area contributed by atoms with Crippen molar-refractivity contribution in [1.82, 2.24) is 19.9 Å². The molecule has 0 saturated carbocycles.